The fraction of sp³-hybridized carbons (Fsp3) is 0.200. The van der Waals surface area contributed by atoms with Gasteiger partial charge in [0.25, 0.3) is 23.9 Å². The smallest absolute Gasteiger partial charge is 0.300 e. The Labute approximate surface area is 234 Å². The van der Waals surface area contributed by atoms with Gasteiger partial charge in [0, 0.05) is 40.8 Å². The Balaban J connectivity index is -0.000000425. The van der Waals surface area contributed by atoms with Crippen LogP contribution in [0.3, 0.4) is 0 Å². The van der Waals surface area contributed by atoms with Gasteiger partial charge in [0.05, 0.1) is 0 Å². The van der Waals surface area contributed by atoms with Gasteiger partial charge in [-0.05, 0) is 21.5 Å². The predicted molar refractivity (Wildman–Crippen MR) is 159 cm³/mol. The van der Waals surface area contributed by atoms with Crippen LogP contribution in [0.4, 0.5) is 0 Å². The molecule has 0 saturated carbocycles. The summed E-state index contributed by atoms with van der Waals surface area (Å²) in [6.07, 6.45) is 0. The molecule has 0 heterocycles. The van der Waals surface area contributed by atoms with Crippen LogP contribution in [0.5, 0.6) is 0 Å². The second-order valence-electron chi connectivity index (χ2n) is 7.35. The lowest BCUT2D eigenvalue weighted by Gasteiger charge is -1.92. The number of carboxylic acids is 4. The van der Waals surface area contributed by atoms with E-state index in [1.807, 2.05) is 0 Å². The average Bonchev–Trinajstić information content (AvgIpc) is 2.88. The number of nitrogens with two attached hydrogens (primary N) is 2. The lowest BCUT2D eigenvalue weighted by Crippen LogP contribution is -2.11. The van der Waals surface area contributed by atoms with Gasteiger partial charge in [0.15, 0.2) is 0 Å². The molecule has 0 aliphatic rings. The average molecular weight is 557 g/mol. The summed E-state index contributed by atoms with van der Waals surface area (Å²) in [7, 11) is 0. The van der Waals surface area contributed by atoms with Gasteiger partial charge >= 0.3 is 0 Å². The van der Waals surface area contributed by atoms with Crippen LogP contribution in [-0.2, 0) is 19.2 Å². The normalized spacial score (nSPS) is 8.25. The molecule has 4 rings (SSSR count). The van der Waals surface area contributed by atoms with E-state index in [2.05, 4.69) is 97.1 Å². The number of fused-ring (bicyclic) bond motifs is 2. The largest absolute Gasteiger partial charge is 0.481 e. The molecule has 40 heavy (non-hydrogen) atoms. The number of hydrogen-bond donors (Lipinski definition) is 6. The first-order valence-corrected chi connectivity index (χ1v) is 11.8. The third-order valence-electron chi connectivity index (χ3n) is 3.48. The van der Waals surface area contributed by atoms with Gasteiger partial charge in [-0.1, -0.05) is 97.1 Å². The van der Waals surface area contributed by atoms with Crippen molar-refractivity contribution < 1.29 is 39.6 Å². The molecule has 0 radical (unpaired) electrons. The highest BCUT2D eigenvalue weighted by Crippen LogP contribution is 2.12. The Kier molecular flexibility index (Phi) is 27.0. The van der Waals surface area contributed by atoms with Gasteiger partial charge < -0.3 is 31.9 Å². The summed E-state index contributed by atoms with van der Waals surface area (Å²) < 4.78 is 0. The minimum Gasteiger partial charge on any atom is -0.481 e. The number of carbonyl (C=O) groups is 4. The van der Waals surface area contributed by atoms with Crippen LogP contribution in [-0.4, -0.2) is 57.4 Å². The maximum atomic E-state index is 9.00. The highest BCUT2D eigenvalue weighted by Gasteiger charge is 1.86. The molecular weight excluding hydrogens is 516 g/mol. The first-order chi connectivity index (χ1) is 18.8. The van der Waals surface area contributed by atoms with E-state index in [1.54, 1.807) is 0 Å². The fourth-order valence-corrected chi connectivity index (χ4v) is 2.27. The summed E-state index contributed by atoms with van der Waals surface area (Å²) >= 11 is 0. The Bertz CT molecular complexity index is 978. The second-order valence-corrected chi connectivity index (χ2v) is 7.35. The molecule has 218 valence electrons. The zero-order valence-corrected chi connectivity index (χ0v) is 23.2. The molecule has 8 N–H and O–H groups in total. The predicted octanol–water partition coefficient (Wildman–Crippen LogP) is 4.95. The van der Waals surface area contributed by atoms with E-state index in [-0.39, 0.29) is 0 Å². The first-order valence-electron chi connectivity index (χ1n) is 11.8. The van der Waals surface area contributed by atoms with E-state index in [9.17, 15) is 0 Å². The van der Waals surface area contributed by atoms with E-state index in [4.69, 9.17) is 51.1 Å². The van der Waals surface area contributed by atoms with Gasteiger partial charge in [0.1, 0.15) is 0 Å². The summed E-state index contributed by atoms with van der Waals surface area (Å²) in [6.45, 7) is 5.53. The van der Waals surface area contributed by atoms with Crippen molar-refractivity contribution in [1.29, 1.82) is 0 Å². The third-order valence-corrected chi connectivity index (χ3v) is 3.48. The van der Waals surface area contributed by atoms with Crippen LogP contribution in [0.1, 0.15) is 27.7 Å². The zero-order valence-electron chi connectivity index (χ0n) is 23.2. The molecule has 4 aromatic carbocycles. The van der Waals surface area contributed by atoms with Crippen LogP contribution in [0.2, 0.25) is 0 Å². The van der Waals surface area contributed by atoms with E-state index in [1.165, 1.54) is 21.5 Å². The monoisotopic (exact) mass is 556 g/mol. The third kappa shape index (κ3) is 33.2. The summed E-state index contributed by atoms with van der Waals surface area (Å²) in [5.74, 6) is -3.33. The van der Waals surface area contributed by atoms with Gasteiger partial charge in [-0.25, -0.2) is 0 Å². The van der Waals surface area contributed by atoms with Crippen molar-refractivity contribution in [2.75, 3.05) is 13.1 Å². The molecule has 4 aromatic rings. The summed E-state index contributed by atoms with van der Waals surface area (Å²) in [5.41, 5.74) is 9.81. The van der Waals surface area contributed by atoms with Crippen molar-refractivity contribution in [3.63, 3.8) is 0 Å². The fourth-order valence-electron chi connectivity index (χ4n) is 2.27. The number of aliphatic carboxylic acids is 4. The van der Waals surface area contributed by atoms with Crippen LogP contribution in [0, 0.1) is 0 Å². The number of rotatable bonds is 1. The maximum absolute atomic E-state index is 9.00. The van der Waals surface area contributed by atoms with E-state index in [0.717, 1.165) is 27.7 Å². The van der Waals surface area contributed by atoms with Gasteiger partial charge in [-0.15, -0.1) is 0 Å². The molecular formula is C30H40N2O8. The van der Waals surface area contributed by atoms with E-state index in [0.29, 0.717) is 13.1 Å². The van der Waals surface area contributed by atoms with Crippen molar-refractivity contribution in [3.05, 3.63) is 97.1 Å². The minimum atomic E-state index is -0.833. The van der Waals surface area contributed by atoms with Gasteiger partial charge in [0.2, 0.25) is 0 Å². The maximum Gasteiger partial charge on any atom is 0.300 e. The van der Waals surface area contributed by atoms with Crippen molar-refractivity contribution in [2.24, 2.45) is 11.5 Å². The molecule has 0 unspecified atom stereocenters. The molecule has 0 aliphatic heterocycles. The number of hydrogen-bond acceptors (Lipinski definition) is 6. The Hall–Kier alpha value is -4.80. The van der Waals surface area contributed by atoms with Crippen molar-refractivity contribution in [3.8, 4) is 0 Å². The topological polar surface area (TPSA) is 201 Å². The lowest BCUT2D eigenvalue weighted by atomic mass is 10.1. The molecule has 0 aromatic heterocycles. The SMILES string of the molecule is CC(=O)O.CC(=O)O.CC(=O)O.CC(=O)O.NCCN.c1ccc2ccccc2c1.c1ccc2ccccc2c1. The molecule has 0 aliphatic carbocycles. The highest BCUT2D eigenvalue weighted by atomic mass is 16.4. The van der Waals surface area contributed by atoms with Crippen molar-refractivity contribution >= 4 is 45.4 Å². The Morgan fingerprint density at radius 2 is 0.525 bits per heavy atom. The summed E-state index contributed by atoms with van der Waals surface area (Å²) in [5, 5.41) is 34.9. The number of carboxylic acid groups (broad SMARTS) is 4. The van der Waals surface area contributed by atoms with Gasteiger partial charge in [-0.2, -0.15) is 0 Å². The Morgan fingerprint density at radius 1 is 0.425 bits per heavy atom. The molecule has 0 saturated heterocycles. The highest BCUT2D eigenvalue weighted by molar-refractivity contribution is 5.82. The summed E-state index contributed by atoms with van der Waals surface area (Å²) in [4.78, 5) is 36.0. The first kappa shape index (κ1) is 39.7. The van der Waals surface area contributed by atoms with Crippen LogP contribution >= 0.6 is 0 Å². The van der Waals surface area contributed by atoms with Crippen molar-refractivity contribution in [1.82, 2.24) is 0 Å². The molecule has 10 heteroatoms. The van der Waals surface area contributed by atoms with E-state index < -0.39 is 23.9 Å². The summed E-state index contributed by atoms with van der Waals surface area (Å²) in [6, 6.07) is 33.4. The second kappa shape index (κ2) is 27.2. The van der Waals surface area contributed by atoms with Crippen LogP contribution < -0.4 is 11.5 Å². The minimum absolute atomic E-state index is 0.597. The standard InChI is InChI=1S/2C10H8.C2H8N2.4C2H4O2/c2*1-2-6-10-8-4-3-7-9(10)5-1;3-1-2-4;4*1-2(3)4/h2*1-8H;1-4H2;4*1H3,(H,3,4). The zero-order chi connectivity index (χ0) is 31.3. The number of benzene rings is 4. The van der Waals surface area contributed by atoms with Crippen LogP contribution in [0.15, 0.2) is 97.1 Å². The molecule has 0 atom stereocenters. The van der Waals surface area contributed by atoms with Crippen LogP contribution in [0.25, 0.3) is 21.5 Å². The molecule has 0 amide bonds. The molecule has 0 fully saturated rings. The molecule has 0 spiro atoms. The quantitative estimate of drug-likeness (QED) is 0.186. The van der Waals surface area contributed by atoms with Gasteiger partial charge in [-0.3, -0.25) is 19.2 Å². The van der Waals surface area contributed by atoms with Crippen molar-refractivity contribution in [2.45, 2.75) is 27.7 Å². The van der Waals surface area contributed by atoms with E-state index >= 15 is 0 Å². The lowest BCUT2D eigenvalue weighted by molar-refractivity contribution is -0.135. The molecule has 0 bridgehead atoms. The Morgan fingerprint density at radius 3 is 0.600 bits per heavy atom. The molecule has 10 nitrogen and oxygen atoms in total.